The van der Waals surface area contributed by atoms with Gasteiger partial charge in [0.05, 0.1) is 5.52 Å². The first-order valence-corrected chi connectivity index (χ1v) is 8.48. The number of rotatable bonds is 4. The Morgan fingerprint density at radius 2 is 1.35 bits per heavy atom. The van der Waals surface area contributed by atoms with Crippen molar-refractivity contribution >= 4 is 16.7 Å². The molecule has 4 nitrogen and oxygen atoms in total. The van der Waals surface area contributed by atoms with E-state index in [1.165, 1.54) is 0 Å². The summed E-state index contributed by atoms with van der Waals surface area (Å²) in [6, 6.07) is 25.7. The summed E-state index contributed by atoms with van der Waals surface area (Å²) < 4.78 is 5.85. The van der Waals surface area contributed by atoms with Gasteiger partial charge < -0.3 is 9.64 Å². The van der Waals surface area contributed by atoms with Gasteiger partial charge in [-0.25, -0.2) is 9.97 Å². The minimum atomic E-state index is 0.707. The van der Waals surface area contributed by atoms with Crippen LogP contribution in [0.3, 0.4) is 0 Å². The summed E-state index contributed by atoms with van der Waals surface area (Å²) in [6.07, 6.45) is 0. The third-order valence-corrected chi connectivity index (χ3v) is 4.10. The minimum Gasteiger partial charge on any atom is -0.457 e. The number of fused-ring (bicyclic) bond motifs is 1. The number of ether oxygens (including phenoxy) is 1. The first-order chi connectivity index (χ1) is 12.7. The summed E-state index contributed by atoms with van der Waals surface area (Å²) in [5.41, 5.74) is 1.89. The lowest BCUT2D eigenvalue weighted by Gasteiger charge is -2.15. The maximum absolute atomic E-state index is 5.85. The topological polar surface area (TPSA) is 38.2 Å². The van der Waals surface area contributed by atoms with E-state index < -0.39 is 0 Å². The molecule has 4 heteroatoms. The monoisotopic (exact) mass is 341 g/mol. The maximum Gasteiger partial charge on any atom is 0.162 e. The van der Waals surface area contributed by atoms with Gasteiger partial charge in [0.25, 0.3) is 0 Å². The highest BCUT2D eigenvalue weighted by atomic mass is 16.5. The lowest BCUT2D eigenvalue weighted by atomic mass is 10.1. The molecule has 0 saturated heterocycles. The molecule has 0 atom stereocenters. The lowest BCUT2D eigenvalue weighted by molar-refractivity contribution is 0.483. The van der Waals surface area contributed by atoms with Crippen molar-refractivity contribution in [3.8, 4) is 22.9 Å². The van der Waals surface area contributed by atoms with Crippen LogP contribution in [0.5, 0.6) is 11.5 Å². The van der Waals surface area contributed by atoms with E-state index in [2.05, 4.69) is 0 Å². The summed E-state index contributed by atoms with van der Waals surface area (Å²) in [7, 11) is 3.99. The highest BCUT2D eigenvalue weighted by Gasteiger charge is 2.10. The predicted octanol–water partition coefficient (Wildman–Crippen LogP) is 5.16. The normalized spacial score (nSPS) is 10.7. The van der Waals surface area contributed by atoms with E-state index >= 15 is 0 Å². The van der Waals surface area contributed by atoms with Crippen LogP contribution in [0.4, 0.5) is 5.82 Å². The second-order valence-electron chi connectivity index (χ2n) is 6.22. The van der Waals surface area contributed by atoms with Gasteiger partial charge in [-0.1, -0.05) is 30.3 Å². The van der Waals surface area contributed by atoms with Gasteiger partial charge in [0.2, 0.25) is 0 Å². The van der Waals surface area contributed by atoms with Crippen molar-refractivity contribution in [3.63, 3.8) is 0 Å². The Balaban J connectivity index is 1.69. The fourth-order valence-corrected chi connectivity index (χ4v) is 2.83. The van der Waals surface area contributed by atoms with Crippen molar-refractivity contribution in [2.45, 2.75) is 0 Å². The van der Waals surface area contributed by atoms with E-state index in [0.29, 0.717) is 5.82 Å². The average Bonchev–Trinajstić information content (AvgIpc) is 2.68. The number of hydrogen-bond acceptors (Lipinski definition) is 4. The molecule has 0 radical (unpaired) electrons. The zero-order valence-electron chi connectivity index (χ0n) is 14.8. The molecule has 3 aromatic carbocycles. The van der Waals surface area contributed by atoms with Crippen LogP contribution in [0.25, 0.3) is 22.3 Å². The number of para-hydroxylation sites is 2. The van der Waals surface area contributed by atoms with Crippen molar-refractivity contribution in [1.82, 2.24) is 9.97 Å². The van der Waals surface area contributed by atoms with Crippen LogP contribution in [-0.2, 0) is 0 Å². The largest absolute Gasteiger partial charge is 0.457 e. The Labute approximate surface area is 152 Å². The number of anilines is 1. The third kappa shape index (κ3) is 3.22. The van der Waals surface area contributed by atoms with Crippen LogP contribution in [0.1, 0.15) is 0 Å². The fraction of sp³-hybridized carbons (Fsp3) is 0.0909. The molecule has 0 amide bonds. The summed E-state index contributed by atoms with van der Waals surface area (Å²) in [5.74, 6) is 3.22. The van der Waals surface area contributed by atoms with Crippen LogP contribution in [-0.4, -0.2) is 24.1 Å². The predicted molar refractivity (Wildman–Crippen MR) is 106 cm³/mol. The Kier molecular flexibility index (Phi) is 4.23. The molecule has 0 bridgehead atoms. The third-order valence-electron chi connectivity index (χ3n) is 4.10. The molecular formula is C22H19N3O. The van der Waals surface area contributed by atoms with E-state index in [1.807, 2.05) is 97.9 Å². The van der Waals surface area contributed by atoms with Gasteiger partial charge in [-0.05, 0) is 48.5 Å². The fourth-order valence-electron chi connectivity index (χ4n) is 2.83. The molecule has 0 aliphatic rings. The maximum atomic E-state index is 5.85. The Morgan fingerprint density at radius 3 is 2.08 bits per heavy atom. The highest BCUT2D eigenvalue weighted by Crippen LogP contribution is 2.28. The van der Waals surface area contributed by atoms with Crippen molar-refractivity contribution in [2.24, 2.45) is 0 Å². The molecule has 0 fully saturated rings. The molecule has 0 unspecified atom stereocenters. The van der Waals surface area contributed by atoms with Crippen LogP contribution < -0.4 is 9.64 Å². The molecule has 1 heterocycles. The van der Waals surface area contributed by atoms with Crippen LogP contribution >= 0.6 is 0 Å². The molecule has 4 rings (SSSR count). The molecule has 4 aromatic rings. The molecule has 128 valence electrons. The Hall–Kier alpha value is -3.40. The van der Waals surface area contributed by atoms with Crippen LogP contribution in [0, 0.1) is 0 Å². The Morgan fingerprint density at radius 1 is 0.692 bits per heavy atom. The quantitative estimate of drug-likeness (QED) is 0.514. The summed E-state index contributed by atoms with van der Waals surface area (Å²) in [4.78, 5) is 11.5. The summed E-state index contributed by atoms with van der Waals surface area (Å²) in [6.45, 7) is 0. The standard InChI is InChI=1S/C22H19N3O/c1-25(2)22-19-10-6-7-11-20(19)23-21(24-22)16-12-14-18(15-13-16)26-17-8-4-3-5-9-17/h3-15H,1-2H3. The zero-order valence-corrected chi connectivity index (χ0v) is 14.8. The smallest absolute Gasteiger partial charge is 0.162 e. The first kappa shape index (κ1) is 16.1. The van der Waals surface area contributed by atoms with E-state index in [4.69, 9.17) is 14.7 Å². The SMILES string of the molecule is CN(C)c1nc(-c2ccc(Oc3ccccc3)cc2)nc2ccccc12. The van der Waals surface area contributed by atoms with Gasteiger partial charge in [0, 0.05) is 25.0 Å². The molecule has 0 saturated carbocycles. The minimum absolute atomic E-state index is 0.707. The van der Waals surface area contributed by atoms with Gasteiger partial charge in [-0.15, -0.1) is 0 Å². The highest BCUT2D eigenvalue weighted by molar-refractivity contribution is 5.90. The molecule has 0 spiro atoms. The van der Waals surface area contributed by atoms with Gasteiger partial charge in [0.15, 0.2) is 5.82 Å². The summed E-state index contributed by atoms with van der Waals surface area (Å²) >= 11 is 0. The number of nitrogens with zero attached hydrogens (tertiary/aromatic N) is 3. The second kappa shape index (κ2) is 6.84. The zero-order chi connectivity index (χ0) is 17.9. The van der Waals surface area contributed by atoms with Gasteiger partial charge >= 0.3 is 0 Å². The molecule has 0 aliphatic heterocycles. The summed E-state index contributed by atoms with van der Waals surface area (Å²) in [5, 5.41) is 1.05. The van der Waals surface area contributed by atoms with Gasteiger partial charge in [0.1, 0.15) is 17.3 Å². The van der Waals surface area contributed by atoms with Crippen molar-refractivity contribution in [2.75, 3.05) is 19.0 Å². The first-order valence-electron chi connectivity index (χ1n) is 8.48. The van der Waals surface area contributed by atoms with Crippen molar-refractivity contribution in [1.29, 1.82) is 0 Å². The average molecular weight is 341 g/mol. The van der Waals surface area contributed by atoms with Gasteiger partial charge in [-0.2, -0.15) is 0 Å². The number of aromatic nitrogens is 2. The second-order valence-corrected chi connectivity index (χ2v) is 6.22. The van der Waals surface area contributed by atoms with Crippen LogP contribution in [0.2, 0.25) is 0 Å². The van der Waals surface area contributed by atoms with Gasteiger partial charge in [-0.3, -0.25) is 0 Å². The van der Waals surface area contributed by atoms with Crippen molar-refractivity contribution in [3.05, 3.63) is 78.9 Å². The van der Waals surface area contributed by atoms with Crippen molar-refractivity contribution < 1.29 is 4.74 Å². The van der Waals surface area contributed by atoms with E-state index in [9.17, 15) is 0 Å². The number of hydrogen-bond donors (Lipinski definition) is 0. The van der Waals surface area contributed by atoms with E-state index in [1.54, 1.807) is 0 Å². The molecule has 1 aromatic heterocycles. The lowest BCUT2D eigenvalue weighted by Crippen LogP contribution is -2.12. The number of benzene rings is 3. The van der Waals surface area contributed by atoms with Crippen LogP contribution in [0.15, 0.2) is 78.9 Å². The van der Waals surface area contributed by atoms with E-state index in [0.717, 1.165) is 33.8 Å². The molecule has 0 aliphatic carbocycles. The molecular weight excluding hydrogens is 322 g/mol. The van der Waals surface area contributed by atoms with E-state index in [-0.39, 0.29) is 0 Å². The Bertz CT molecular complexity index is 1030. The molecule has 0 N–H and O–H groups in total. The molecule has 26 heavy (non-hydrogen) atoms.